The van der Waals surface area contributed by atoms with Crippen molar-refractivity contribution in [1.82, 2.24) is 10.3 Å². The topological polar surface area (TPSA) is 62.3 Å². The molecule has 1 aliphatic rings. The number of nitrogens with zero attached hydrogens (tertiary/aromatic N) is 2. The first-order valence-corrected chi connectivity index (χ1v) is 10.3. The zero-order valence-electron chi connectivity index (χ0n) is 16.1. The van der Waals surface area contributed by atoms with Gasteiger partial charge in [0.05, 0.1) is 18.0 Å². The molecule has 31 heavy (non-hydrogen) atoms. The molecule has 9 heteroatoms. The van der Waals surface area contributed by atoms with Gasteiger partial charge in [0.1, 0.15) is 17.5 Å². The number of hydrogen-bond acceptors (Lipinski definition) is 4. The zero-order chi connectivity index (χ0) is 22.0. The number of halogens is 3. The number of carbonyl (C=O) groups is 2. The summed E-state index contributed by atoms with van der Waals surface area (Å²) in [6.45, 7) is -0.117. The predicted octanol–water partition coefficient (Wildman–Crippen LogP) is 4.07. The molecule has 0 aliphatic carbocycles. The fraction of sp³-hybridized carbons (Fsp3) is 0.136. The summed E-state index contributed by atoms with van der Waals surface area (Å²) >= 11 is 1.38. The smallest absolute Gasteiger partial charge is 0.251 e. The first-order valence-electron chi connectivity index (χ1n) is 9.30. The van der Waals surface area contributed by atoms with Crippen molar-refractivity contribution in [2.75, 3.05) is 10.7 Å². The summed E-state index contributed by atoms with van der Waals surface area (Å²) < 4.78 is 40.7. The number of thioether (sulfide) groups is 1. The molecule has 0 unspecified atom stereocenters. The van der Waals surface area contributed by atoms with Gasteiger partial charge in [-0.05, 0) is 35.9 Å². The van der Waals surface area contributed by atoms with Crippen molar-refractivity contribution in [3.05, 3.63) is 89.0 Å². The quantitative estimate of drug-likeness (QED) is 0.646. The number of pyridine rings is 1. The number of rotatable bonds is 5. The second-order valence-electron chi connectivity index (χ2n) is 6.84. The number of amides is 2. The van der Waals surface area contributed by atoms with Crippen LogP contribution < -0.4 is 10.2 Å². The molecule has 0 saturated heterocycles. The minimum absolute atomic E-state index is 0.0951. The molecule has 0 saturated carbocycles. The number of benzene rings is 2. The lowest BCUT2D eigenvalue weighted by Crippen LogP contribution is -2.35. The fourth-order valence-electron chi connectivity index (χ4n) is 3.20. The first-order chi connectivity index (χ1) is 14.9. The largest absolute Gasteiger partial charge is 0.348 e. The summed E-state index contributed by atoms with van der Waals surface area (Å²) in [5.74, 6) is -3.56. The average Bonchev–Trinajstić information content (AvgIpc) is 2.75. The Labute approximate surface area is 180 Å². The lowest BCUT2D eigenvalue weighted by atomic mass is 10.1. The van der Waals surface area contributed by atoms with Crippen LogP contribution in [0.15, 0.2) is 59.8 Å². The van der Waals surface area contributed by atoms with Gasteiger partial charge in [0.2, 0.25) is 5.91 Å². The molecule has 1 aromatic heterocycles. The molecule has 2 heterocycles. The highest BCUT2D eigenvalue weighted by Crippen LogP contribution is 2.36. The Kier molecular flexibility index (Phi) is 5.94. The van der Waals surface area contributed by atoms with Crippen molar-refractivity contribution >= 4 is 29.3 Å². The molecule has 1 N–H and O–H groups in total. The van der Waals surface area contributed by atoms with Crippen molar-refractivity contribution in [2.45, 2.75) is 18.0 Å². The van der Waals surface area contributed by atoms with Gasteiger partial charge in [-0.25, -0.2) is 13.2 Å². The van der Waals surface area contributed by atoms with Crippen molar-refractivity contribution in [1.29, 1.82) is 0 Å². The van der Waals surface area contributed by atoms with Crippen LogP contribution in [-0.4, -0.2) is 22.6 Å². The molecule has 0 bridgehead atoms. The Balaban J connectivity index is 1.55. The van der Waals surface area contributed by atoms with Gasteiger partial charge in [0, 0.05) is 47.1 Å². The molecule has 0 radical (unpaired) electrons. The van der Waals surface area contributed by atoms with E-state index in [-0.39, 0.29) is 17.2 Å². The van der Waals surface area contributed by atoms with Crippen molar-refractivity contribution < 1.29 is 22.8 Å². The Hall–Kier alpha value is -3.33. The summed E-state index contributed by atoms with van der Waals surface area (Å²) in [4.78, 5) is 31.5. The van der Waals surface area contributed by atoms with Crippen LogP contribution in [0.3, 0.4) is 0 Å². The normalized spacial score (nSPS) is 13.1. The molecule has 0 atom stereocenters. The molecule has 2 aromatic carbocycles. The maximum Gasteiger partial charge on any atom is 0.251 e. The molecule has 2 amide bonds. The predicted molar refractivity (Wildman–Crippen MR) is 110 cm³/mol. The van der Waals surface area contributed by atoms with E-state index >= 15 is 0 Å². The monoisotopic (exact) mass is 443 g/mol. The van der Waals surface area contributed by atoms with Crippen molar-refractivity contribution in [3.63, 3.8) is 0 Å². The van der Waals surface area contributed by atoms with E-state index in [1.807, 2.05) is 0 Å². The summed E-state index contributed by atoms with van der Waals surface area (Å²) in [6, 6.07) is 9.62. The van der Waals surface area contributed by atoms with Crippen LogP contribution in [0.1, 0.15) is 21.5 Å². The molecular formula is C22H16F3N3O2S. The van der Waals surface area contributed by atoms with Crippen molar-refractivity contribution in [3.8, 4) is 0 Å². The minimum Gasteiger partial charge on any atom is -0.348 e. The number of carbonyl (C=O) groups excluding carboxylic acids is 2. The molecule has 0 spiro atoms. The third kappa shape index (κ3) is 4.56. The maximum absolute atomic E-state index is 13.8. The number of anilines is 1. The Morgan fingerprint density at radius 2 is 1.77 bits per heavy atom. The van der Waals surface area contributed by atoms with Gasteiger partial charge in [-0.3, -0.25) is 14.6 Å². The lowest BCUT2D eigenvalue weighted by molar-refractivity contribution is -0.116. The molecule has 3 aromatic rings. The highest BCUT2D eigenvalue weighted by Gasteiger charge is 2.26. The van der Waals surface area contributed by atoms with E-state index in [2.05, 4.69) is 10.3 Å². The molecule has 4 rings (SSSR count). The maximum atomic E-state index is 13.8. The number of nitrogens with one attached hydrogen (secondary N) is 1. The van der Waals surface area contributed by atoms with E-state index in [1.54, 1.807) is 47.6 Å². The Morgan fingerprint density at radius 1 is 1.06 bits per heavy atom. The Morgan fingerprint density at radius 3 is 2.48 bits per heavy atom. The van der Waals surface area contributed by atoms with Gasteiger partial charge < -0.3 is 10.2 Å². The van der Waals surface area contributed by atoms with Crippen LogP contribution in [0.25, 0.3) is 0 Å². The third-order valence-electron chi connectivity index (χ3n) is 4.79. The first kappa shape index (κ1) is 20.9. The SMILES string of the molecule is O=C(NCc1c(F)cc(F)cc1F)c1ccc2c(c1)N(Cc1ccncc1)C(=O)CS2. The number of hydrogen-bond donors (Lipinski definition) is 1. The summed E-state index contributed by atoms with van der Waals surface area (Å²) in [6.07, 6.45) is 3.27. The van der Waals surface area contributed by atoms with E-state index in [9.17, 15) is 22.8 Å². The summed E-state index contributed by atoms with van der Waals surface area (Å²) in [5, 5.41) is 2.44. The van der Waals surface area contributed by atoms with E-state index in [0.717, 1.165) is 10.5 Å². The van der Waals surface area contributed by atoms with Crippen LogP contribution in [0.4, 0.5) is 18.9 Å². The second kappa shape index (κ2) is 8.81. The molecule has 5 nitrogen and oxygen atoms in total. The van der Waals surface area contributed by atoms with Gasteiger partial charge in [-0.15, -0.1) is 11.8 Å². The highest BCUT2D eigenvalue weighted by atomic mass is 32.2. The van der Waals surface area contributed by atoms with Gasteiger partial charge in [0.15, 0.2) is 0 Å². The summed E-state index contributed by atoms with van der Waals surface area (Å²) in [5.41, 5.74) is 1.28. The number of fused-ring (bicyclic) bond motifs is 1. The van der Waals surface area contributed by atoms with Gasteiger partial charge in [-0.2, -0.15) is 0 Å². The third-order valence-corrected chi connectivity index (χ3v) is 5.83. The summed E-state index contributed by atoms with van der Waals surface area (Å²) in [7, 11) is 0. The van der Waals surface area contributed by atoms with Crippen LogP contribution in [0.2, 0.25) is 0 Å². The average molecular weight is 443 g/mol. The van der Waals surface area contributed by atoms with Crippen LogP contribution in [0, 0.1) is 17.5 Å². The molecule has 158 valence electrons. The standard InChI is InChI=1S/C22H16F3N3O2S/c23-15-8-17(24)16(18(25)9-15)10-27-22(30)14-1-2-20-19(7-14)28(21(29)12-31-20)11-13-3-5-26-6-4-13/h1-9H,10-12H2,(H,27,30). The second-order valence-corrected chi connectivity index (χ2v) is 7.85. The molecule has 1 aliphatic heterocycles. The lowest BCUT2D eigenvalue weighted by Gasteiger charge is -2.29. The van der Waals surface area contributed by atoms with Gasteiger partial charge in [0.25, 0.3) is 5.91 Å². The van der Waals surface area contributed by atoms with Crippen LogP contribution in [-0.2, 0) is 17.9 Å². The zero-order valence-corrected chi connectivity index (χ0v) is 16.9. The van der Waals surface area contributed by atoms with Crippen LogP contribution in [0.5, 0.6) is 0 Å². The van der Waals surface area contributed by atoms with Gasteiger partial charge in [-0.1, -0.05) is 0 Å². The van der Waals surface area contributed by atoms with E-state index in [1.165, 1.54) is 11.8 Å². The minimum atomic E-state index is -1.08. The van der Waals surface area contributed by atoms with E-state index in [4.69, 9.17) is 0 Å². The molecule has 0 fully saturated rings. The van der Waals surface area contributed by atoms with E-state index < -0.39 is 35.5 Å². The van der Waals surface area contributed by atoms with E-state index in [0.29, 0.717) is 24.4 Å². The highest BCUT2D eigenvalue weighted by molar-refractivity contribution is 8.00. The Bertz CT molecular complexity index is 1130. The van der Waals surface area contributed by atoms with Crippen molar-refractivity contribution in [2.24, 2.45) is 0 Å². The van der Waals surface area contributed by atoms with Gasteiger partial charge >= 0.3 is 0 Å². The fourth-order valence-corrected chi connectivity index (χ4v) is 4.12. The molecular weight excluding hydrogens is 427 g/mol. The van der Waals surface area contributed by atoms with Crippen LogP contribution >= 0.6 is 11.8 Å². The number of aromatic nitrogens is 1.